The lowest BCUT2D eigenvalue weighted by molar-refractivity contribution is -0.138. The standard InChI is InChI=1S/C15H9ClF6N2/c16-12-6-5-11(15(20,21)22)7-13(12)24-23-8-9-1-3-10(4-2-9)14(17,18)19/h1-8,24H/b23-8+. The predicted molar refractivity (Wildman–Crippen MR) is 79.1 cm³/mol. The fourth-order valence-electron chi connectivity index (χ4n) is 1.72. The molecular weight excluding hydrogens is 358 g/mol. The molecule has 0 radical (unpaired) electrons. The summed E-state index contributed by atoms with van der Waals surface area (Å²) in [5.74, 6) is 0. The Morgan fingerprint density at radius 2 is 1.38 bits per heavy atom. The first-order chi connectivity index (χ1) is 11.1. The highest BCUT2D eigenvalue weighted by molar-refractivity contribution is 6.33. The smallest absolute Gasteiger partial charge is 0.277 e. The summed E-state index contributed by atoms with van der Waals surface area (Å²) in [6.07, 6.45) is -7.81. The largest absolute Gasteiger partial charge is 0.416 e. The summed E-state index contributed by atoms with van der Waals surface area (Å²) in [5, 5.41) is 3.70. The van der Waals surface area contributed by atoms with Gasteiger partial charge in [0, 0.05) is 0 Å². The van der Waals surface area contributed by atoms with Crippen molar-refractivity contribution in [2.24, 2.45) is 5.10 Å². The average Bonchev–Trinajstić information content (AvgIpc) is 2.47. The van der Waals surface area contributed by atoms with Crippen LogP contribution < -0.4 is 5.43 Å². The molecule has 0 amide bonds. The van der Waals surface area contributed by atoms with Crippen LogP contribution in [0.2, 0.25) is 5.02 Å². The van der Waals surface area contributed by atoms with Crippen LogP contribution >= 0.6 is 11.6 Å². The van der Waals surface area contributed by atoms with E-state index in [2.05, 4.69) is 10.5 Å². The highest BCUT2D eigenvalue weighted by Gasteiger charge is 2.31. The summed E-state index contributed by atoms with van der Waals surface area (Å²) < 4.78 is 75.1. The van der Waals surface area contributed by atoms with Crippen molar-refractivity contribution in [1.82, 2.24) is 0 Å². The third-order valence-corrected chi connectivity index (χ3v) is 3.26. The van der Waals surface area contributed by atoms with Crippen molar-refractivity contribution >= 4 is 23.5 Å². The summed E-state index contributed by atoms with van der Waals surface area (Å²) >= 11 is 5.77. The van der Waals surface area contributed by atoms with Gasteiger partial charge in [0.1, 0.15) is 0 Å². The van der Waals surface area contributed by atoms with Crippen LogP contribution in [-0.4, -0.2) is 6.21 Å². The van der Waals surface area contributed by atoms with Crippen LogP contribution in [0.25, 0.3) is 0 Å². The van der Waals surface area contributed by atoms with Crippen LogP contribution in [0.5, 0.6) is 0 Å². The molecule has 1 N–H and O–H groups in total. The van der Waals surface area contributed by atoms with E-state index in [1.54, 1.807) is 0 Å². The van der Waals surface area contributed by atoms with Crippen LogP contribution in [0.15, 0.2) is 47.6 Å². The van der Waals surface area contributed by atoms with Crippen LogP contribution in [0.4, 0.5) is 32.0 Å². The fourth-order valence-corrected chi connectivity index (χ4v) is 1.88. The van der Waals surface area contributed by atoms with Crippen LogP contribution in [0, 0.1) is 0 Å². The minimum absolute atomic E-state index is 0.0209. The van der Waals surface area contributed by atoms with Gasteiger partial charge in [-0.25, -0.2) is 0 Å². The minimum atomic E-state index is -4.53. The van der Waals surface area contributed by atoms with Crippen molar-refractivity contribution in [3.05, 3.63) is 64.2 Å². The van der Waals surface area contributed by atoms with E-state index in [0.29, 0.717) is 5.56 Å². The molecule has 2 nitrogen and oxygen atoms in total. The lowest BCUT2D eigenvalue weighted by atomic mass is 10.1. The highest BCUT2D eigenvalue weighted by Crippen LogP contribution is 2.33. The molecule has 0 unspecified atom stereocenters. The van der Waals surface area contributed by atoms with E-state index in [0.717, 1.165) is 36.5 Å². The number of alkyl halides is 6. The molecule has 0 bridgehead atoms. The Hall–Kier alpha value is -2.22. The van der Waals surface area contributed by atoms with E-state index in [9.17, 15) is 26.3 Å². The second-order valence-corrected chi connectivity index (χ2v) is 5.09. The molecule has 0 aliphatic rings. The number of hydrogen-bond donors (Lipinski definition) is 1. The highest BCUT2D eigenvalue weighted by atomic mass is 35.5. The van der Waals surface area contributed by atoms with Gasteiger partial charge in [-0.2, -0.15) is 31.4 Å². The van der Waals surface area contributed by atoms with Crippen molar-refractivity contribution in [2.45, 2.75) is 12.4 Å². The Kier molecular flexibility index (Phi) is 5.08. The van der Waals surface area contributed by atoms with Gasteiger partial charge in [-0.15, -0.1) is 0 Å². The molecule has 24 heavy (non-hydrogen) atoms. The molecule has 0 heterocycles. The van der Waals surface area contributed by atoms with Crippen molar-refractivity contribution < 1.29 is 26.3 Å². The van der Waals surface area contributed by atoms with Crippen molar-refractivity contribution in [3.8, 4) is 0 Å². The minimum Gasteiger partial charge on any atom is -0.277 e. The molecule has 0 atom stereocenters. The summed E-state index contributed by atoms with van der Waals surface area (Å²) in [5.41, 5.74) is 0.877. The molecule has 0 saturated carbocycles. The fraction of sp³-hybridized carbons (Fsp3) is 0.133. The topological polar surface area (TPSA) is 24.4 Å². The average molecular weight is 367 g/mol. The zero-order chi connectivity index (χ0) is 18.0. The van der Waals surface area contributed by atoms with Gasteiger partial charge < -0.3 is 0 Å². The quantitative estimate of drug-likeness (QED) is 0.413. The lowest BCUT2D eigenvalue weighted by Gasteiger charge is -2.10. The molecule has 0 aromatic heterocycles. The molecule has 0 spiro atoms. The Morgan fingerprint density at radius 1 is 0.833 bits per heavy atom. The predicted octanol–water partition coefficient (Wildman–Crippen LogP) is 5.82. The second-order valence-electron chi connectivity index (χ2n) is 4.68. The van der Waals surface area contributed by atoms with Crippen molar-refractivity contribution in [3.63, 3.8) is 0 Å². The van der Waals surface area contributed by atoms with Gasteiger partial charge in [0.15, 0.2) is 0 Å². The number of hydrazone groups is 1. The summed E-state index contributed by atoms with van der Waals surface area (Å²) in [6, 6.07) is 6.79. The number of benzene rings is 2. The molecule has 9 heteroatoms. The number of anilines is 1. The van der Waals surface area contributed by atoms with E-state index in [1.165, 1.54) is 12.1 Å². The van der Waals surface area contributed by atoms with E-state index < -0.39 is 23.5 Å². The number of hydrogen-bond acceptors (Lipinski definition) is 2. The van der Waals surface area contributed by atoms with Gasteiger partial charge in [0.2, 0.25) is 0 Å². The van der Waals surface area contributed by atoms with Gasteiger partial charge in [0.25, 0.3) is 0 Å². The van der Waals surface area contributed by atoms with Crippen molar-refractivity contribution in [1.29, 1.82) is 0 Å². The Balaban J connectivity index is 2.12. The zero-order valence-corrected chi connectivity index (χ0v) is 12.5. The maximum absolute atomic E-state index is 12.6. The maximum atomic E-state index is 12.6. The maximum Gasteiger partial charge on any atom is 0.416 e. The van der Waals surface area contributed by atoms with Gasteiger partial charge in [-0.1, -0.05) is 23.7 Å². The van der Waals surface area contributed by atoms with E-state index >= 15 is 0 Å². The molecule has 2 rings (SSSR count). The summed E-state index contributed by atoms with van der Waals surface area (Å²) in [7, 11) is 0. The van der Waals surface area contributed by atoms with Gasteiger partial charge in [-0.05, 0) is 35.9 Å². The number of nitrogens with zero attached hydrogens (tertiary/aromatic N) is 1. The van der Waals surface area contributed by atoms with Crippen LogP contribution in [-0.2, 0) is 12.4 Å². The third-order valence-electron chi connectivity index (χ3n) is 2.93. The Bertz CT molecular complexity index is 735. The van der Waals surface area contributed by atoms with E-state index in [-0.39, 0.29) is 10.7 Å². The molecule has 128 valence electrons. The summed E-state index contributed by atoms with van der Waals surface area (Å²) in [6.45, 7) is 0. The molecule has 0 fully saturated rings. The van der Waals surface area contributed by atoms with Crippen LogP contribution in [0.3, 0.4) is 0 Å². The van der Waals surface area contributed by atoms with Crippen LogP contribution in [0.1, 0.15) is 16.7 Å². The monoisotopic (exact) mass is 366 g/mol. The first-order valence-corrected chi connectivity index (χ1v) is 6.78. The normalized spacial score (nSPS) is 12.6. The SMILES string of the molecule is FC(F)(F)c1ccc(/C=N/Nc2cc(C(F)(F)F)ccc2Cl)cc1. The van der Waals surface area contributed by atoms with E-state index in [1.807, 2.05) is 0 Å². The molecule has 2 aromatic rings. The van der Waals surface area contributed by atoms with Gasteiger partial charge in [-0.3, -0.25) is 5.43 Å². The molecule has 2 aromatic carbocycles. The lowest BCUT2D eigenvalue weighted by Crippen LogP contribution is -2.05. The van der Waals surface area contributed by atoms with E-state index in [4.69, 9.17) is 11.6 Å². The number of halogens is 7. The third kappa shape index (κ3) is 4.64. The number of rotatable bonds is 3. The zero-order valence-electron chi connectivity index (χ0n) is 11.7. The molecule has 0 aliphatic carbocycles. The first kappa shape index (κ1) is 18.1. The Morgan fingerprint density at radius 3 is 1.92 bits per heavy atom. The molecular formula is C15H9ClF6N2. The second kappa shape index (κ2) is 6.72. The first-order valence-electron chi connectivity index (χ1n) is 6.40. The molecule has 0 saturated heterocycles. The number of nitrogens with one attached hydrogen (secondary N) is 1. The van der Waals surface area contributed by atoms with Gasteiger partial charge in [0.05, 0.1) is 28.1 Å². The summed E-state index contributed by atoms with van der Waals surface area (Å²) in [4.78, 5) is 0. The molecule has 0 aliphatic heterocycles. The Labute approximate surface area is 137 Å². The van der Waals surface area contributed by atoms with Crippen molar-refractivity contribution in [2.75, 3.05) is 5.43 Å². The van der Waals surface area contributed by atoms with Gasteiger partial charge >= 0.3 is 12.4 Å².